The van der Waals surface area contributed by atoms with Gasteiger partial charge in [-0.1, -0.05) is 5.16 Å². The number of nitrogens with one attached hydrogen (secondary N) is 1. The van der Waals surface area contributed by atoms with Crippen LogP contribution in [0.3, 0.4) is 0 Å². The topological polar surface area (TPSA) is 116 Å². The van der Waals surface area contributed by atoms with Gasteiger partial charge in [0.25, 0.3) is 0 Å². The Labute approximate surface area is 123 Å². The molecular weight excluding hydrogens is 294 g/mol. The molecule has 0 atom stereocenters. The Hall–Kier alpha value is -1.71. The standard InChI is InChI=1S/C12H19N5O3S/c1-3-17-8-11(6-10(17)7-13)21(18,19)14-5-4-12-15-9(2)16-20-12/h6,8,14H,3-5,7,13H2,1-2H3. The maximum absolute atomic E-state index is 12.2. The molecule has 0 bridgehead atoms. The molecule has 116 valence electrons. The van der Waals surface area contributed by atoms with Crippen LogP contribution in [-0.4, -0.2) is 29.7 Å². The number of sulfonamides is 1. The number of aryl methyl sites for hydroxylation is 2. The minimum absolute atomic E-state index is 0.194. The molecule has 21 heavy (non-hydrogen) atoms. The first-order chi connectivity index (χ1) is 9.96. The fourth-order valence-corrected chi connectivity index (χ4v) is 3.05. The Morgan fingerprint density at radius 2 is 2.24 bits per heavy atom. The first-order valence-electron chi connectivity index (χ1n) is 6.64. The van der Waals surface area contributed by atoms with Crippen LogP contribution in [0, 0.1) is 6.92 Å². The first kappa shape index (κ1) is 15.7. The summed E-state index contributed by atoms with van der Waals surface area (Å²) in [5.74, 6) is 0.935. The molecule has 0 aliphatic heterocycles. The van der Waals surface area contributed by atoms with E-state index < -0.39 is 10.0 Å². The Balaban J connectivity index is 2.02. The molecule has 0 aliphatic carbocycles. The minimum atomic E-state index is -3.56. The average Bonchev–Trinajstić information content (AvgIpc) is 3.04. The van der Waals surface area contributed by atoms with Crippen LogP contribution >= 0.6 is 0 Å². The number of rotatable bonds is 7. The van der Waals surface area contributed by atoms with Gasteiger partial charge in [-0.2, -0.15) is 4.98 Å². The summed E-state index contributed by atoms with van der Waals surface area (Å²) in [6.07, 6.45) is 1.93. The van der Waals surface area contributed by atoms with Gasteiger partial charge in [-0.25, -0.2) is 13.1 Å². The van der Waals surface area contributed by atoms with E-state index in [1.54, 1.807) is 19.2 Å². The third-order valence-electron chi connectivity index (χ3n) is 3.02. The van der Waals surface area contributed by atoms with Crippen LogP contribution in [-0.2, 0) is 29.5 Å². The summed E-state index contributed by atoms with van der Waals surface area (Å²) in [6, 6.07) is 1.59. The average molecular weight is 313 g/mol. The Morgan fingerprint density at radius 3 is 2.76 bits per heavy atom. The predicted molar refractivity (Wildman–Crippen MR) is 75.9 cm³/mol. The molecule has 0 saturated carbocycles. The van der Waals surface area contributed by atoms with Crippen molar-refractivity contribution < 1.29 is 12.9 Å². The largest absolute Gasteiger partial charge is 0.349 e. The van der Waals surface area contributed by atoms with Gasteiger partial charge in [-0.15, -0.1) is 0 Å². The third kappa shape index (κ3) is 3.69. The van der Waals surface area contributed by atoms with E-state index in [0.29, 0.717) is 31.2 Å². The van der Waals surface area contributed by atoms with E-state index in [0.717, 1.165) is 5.69 Å². The molecule has 2 heterocycles. The highest BCUT2D eigenvalue weighted by molar-refractivity contribution is 7.89. The summed E-state index contributed by atoms with van der Waals surface area (Å²) in [6.45, 7) is 4.80. The molecule has 0 fully saturated rings. The van der Waals surface area contributed by atoms with Crippen molar-refractivity contribution in [2.24, 2.45) is 5.73 Å². The molecule has 8 nitrogen and oxygen atoms in total. The van der Waals surface area contributed by atoms with Crippen molar-refractivity contribution in [1.82, 2.24) is 19.4 Å². The molecule has 0 aliphatic rings. The number of hydrogen-bond acceptors (Lipinski definition) is 6. The van der Waals surface area contributed by atoms with Crippen molar-refractivity contribution in [2.45, 2.75) is 38.3 Å². The van der Waals surface area contributed by atoms with Crippen LogP contribution < -0.4 is 10.5 Å². The smallest absolute Gasteiger partial charge is 0.242 e. The number of aromatic nitrogens is 3. The second kappa shape index (κ2) is 6.37. The molecule has 0 unspecified atom stereocenters. The fourth-order valence-electron chi connectivity index (χ4n) is 1.96. The lowest BCUT2D eigenvalue weighted by Crippen LogP contribution is -2.25. The van der Waals surface area contributed by atoms with E-state index in [1.807, 2.05) is 11.5 Å². The Kier molecular flexibility index (Phi) is 4.76. The van der Waals surface area contributed by atoms with E-state index in [-0.39, 0.29) is 11.4 Å². The van der Waals surface area contributed by atoms with Gasteiger partial charge in [0.1, 0.15) is 0 Å². The van der Waals surface area contributed by atoms with Crippen molar-refractivity contribution in [1.29, 1.82) is 0 Å². The van der Waals surface area contributed by atoms with Gasteiger partial charge < -0.3 is 14.8 Å². The summed E-state index contributed by atoms with van der Waals surface area (Å²) in [4.78, 5) is 4.23. The van der Waals surface area contributed by atoms with E-state index >= 15 is 0 Å². The van der Waals surface area contributed by atoms with Crippen molar-refractivity contribution >= 4 is 10.0 Å². The van der Waals surface area contributed by atoms with E-state index in [4.69, 9.17) is 10.3 Å². The summed E-state index contributed by atoms with van der Waals surface area (Å²) >= 11 is 0. The van der Waals surface area contributed by atoms with Crippen LogP contribution in [0.1, 0.15) is 24.3 Å². The maximum atomic E-state index is 12.2. The van der Waals surface area contributed by atoms with E-state index in [1.165, 1.54) is 0 Å². The SMILES string of the molecule is CCn1cc(S(=O)(=O)NCCc2nc(C)no2)cc1CN. The Bertz CT molecular complexity index is 683. The summed E-state index contributed by atoms with van der Waals surface area (Å²) < 4.78 is 33.6. The molecule has 0 spiro atoms. The number of nitrogens with zero attached hydrogens (tertiary/aromatic N) is 3. The zero-order valence-electron chi connectivity index (χ0n) is 12.0. The zero-order chi connectivity index (χ0) is 15.5. The molecule has 0 radical (unpaired) electrons. The molecule has 0 amide bonds. The molecule has 0 saturated heterocycles. The van der Waals surface area contributed by atoms with Crippen LogP contribution in [0.2, 0.25) is 0 Å². The number of nitrogens with two attached hydrogens (primary N) is 1. The van der Waals surface area contributed by atoms with Crippen LogP contribution in [0.4, 0.5) is 0 Å². The van der Waals surface area contributed by atoms with Crippen LogP contribution in [0.5, 0.6) is 0 Å². The highest BCUT2D eigenvalue weighted by Gasteiger charge is 2.17. The van der Waals surface area contributed by atoms with Crippen molar-refractivity contribution in [3.8, 4) is 0 Å². The monoisotopic (exact) mass is 313 g/mol. The lowest BCUT2D eigenvalue weighted by molar-refractivity contribution is 0.375. The zero-order valence-corrected chi connectivity index (χ0v) is 12.9. The first-order valence-corrected chi connectivity index (χ1v) is 8.12. The van der Waals surface area contributed by atoms with Gasteiger partial charge in [0.05, 0.1) is 4.90 Å². The highest BCUT2D eigenvalue weighted by Crippen LogP contribution is 2.14. The number of hydrogen-bond donors (Lipinski definition) is 2. The maximum Gasteiger partial charge on any atom is 0.242 e. The molecule has 9 heteroatoms. The molecule has 2 rings (SSSR count). The summed E-state index contributed by atoms with van der Waals surface area (Å²) in [5, 5.41) is 3.65. The fraction of sp³-hybridized carbons (Fsp3) is 0.500. The molecular formula is C12H19N5O3S. The van der Waals surface area contributed by atoms with E-state index in [2.05, 4.69) is 14.9 Å². The van der Waals surface area contributed by atoms with Gasteiger partial charge in [0, 0.05) is 37.9 Å². The molecule has 2 aromatic heterocycles. The second-order valence-electron chi connectivity index (χ2n) is 4.54. The lowest BCUT2D eigenvalue weighted by atomic mass is 10.4. The Morgan fingerprint density at radius 1 is 1.48 bits per heavy atom. The second-order valence-corrected chi connectivity index (χ2v) is 6.31. The quantitative estimate of drug-likeness (QED) is 0.753. The van der Waals surface area contributed by atoms with Crippen LogP contribution in [0.25, 0.3) is 0 Å². The summed E-state index contributed by atoms with van der Waals surface area (Å²) in [5.41, 5.74) is 6.38. The molecule has 3 N–H and O–H groups in total. The van der Waals surface area contributed by atoms with Crippen molar-refractivity contribution in [3.05, 3.63) is 29.7 Å². The van der Waals surface area contributed by atoms with Gasteiger partial charge in [-0.3, -0.25) is 0 Å². The minimum Gasteiger partial charge on any atom is -0.349 e. The van der Waals surface area contributed by atoms with Gasteiger partial charge in [0.15, 0.2) is 5.82 Å². The molecule has 2 aromatic rings. The van der Waals surface area contributed by atoms with Gasteiger partial charge in [-0.05, 0) is 19.9 Å². The molecule has 0 aromatic carbocycles. The van der Waals surface area contributed by atoms with Gasteiger partial charge in [0.2, 0.25) is 15.9 Å². The van der Waals surface area contributed by atoms with Crippen LogP contribution in [0.15, 0.2) is 21.7 Å². The van der Waals surface area contributed by atoms with E-state index in [9.17, 15) is 8.42 Å². The van der Waals surface area contributed by atoms with Crippen molar-refractivity contribution in [3.63, 3.8) is 0 Å². The normalized spacial score (nSPS) is 12.0. The third-order valence-corrected chi connectivity index (χ3v) is 4.45. The predicted octanol–water partition coefficient (Wildman–Crippen LogP) is 0.179. The summed E-state index contributed by atoms with van der Waals surface area (Å²) in [7, 11) is -3.56. The highest BCUT2D eigenvalue weighted by atomic mass is 32.2. The van der Waals surface area contributed by atoms with Gasteiger partial charge >= 0.3 is 0 Å². The lowest BCUT2D eigenvalue weighted by Gasteiger charge is -2.03. The van der Waals surface area contributed by atoms with Crippen molar-refractivity contribution in [2.75, 3.05) is 6.54 Å².